The second-order valence-electron chi connectivity index (χ2n) is 8.57. The van der Waals surface area contributed by atoms with Crippen LogP contribution in [0.2, 0.25) is 0 Å². The molecule has 0 aliphatic carbocycles. The van der Waals surface area contributed by atoms with Crippen molar-refractivity contribution in [1.29, 1.82) is 0 Å². The number of piperidine rings is 1. The molecule has 25 heavy (non-hydrogen) atoms. The summed E-state index contributed by atoms with van der Waals surface area (Å²) in [6, 6.07) is 0.279. The van der Waals surface area contributed by atoms with Crippen molar-refractivity contribution in [3.05, 3.63) is 0 Å². The smallest absolute Gasteiger partial charge is 0.410 e. The molecule has 1 unspecified atom stereocenters. The van der Waals surface area contributed by atoms with Gasteiger partial charge in [-0.15, -0.1) is 0 Å². The van der Waals surface area contributed by atoms with E-state index < -0.39 is 5.60 Å². The Hall–Kier alpha value is -1.50. The van der Waals surface area contributed by atoms with Gasteiger partial charge in [-0.3, -0.25) is 4.99 Å². The van der Waals surface area contributed by atoms with Crippen molar-refractivity contribution < 1.29 is 9.53 Å². The van der Waals surface area contributed by atoms with Crippen molar-refractivity contribution in [2.24, 2.45) is 10.9 Å². The first-order valence-electron chi connectivity index (χ1n) is 9.53. The van der Waals surface area contributed by atoms with Crippen molar-refractivity contribution in [3.8, 4) is 0 Å². The average molecular weight is 351 g/mol. The van der Waals surface area contributed by atoms with Gasteiger partial charge in [-0.25, -0.2) is 4.79 Å². The molecule has 3 rings (SSSR count). The highest BCUT2D eigenvalue weighted by atomic mass is 16.6. The summed E-state index contributed by atoms with van der Waals surface area (Å²) in [5.74, 6) is 1.76. The van der Waals surface area contributed by atoms with Gasteiger partial charge in [0, 0.05) is 26.2 Å². The lowest BCUT2D eigenvalue weighted by Crippen LogP contribution is -2.57. The molecule has 2 saturated heterocycles. The van der Waals surface area contributed by atoms with Gasteiger partial charge in [0.25, 0.3) is 0 Å². The topological polar surface area (TPSA) is 60.4 Å². The summed E-state index contributed by atoms with van der Waals surface area (Å²) in [6.07, 6.45) is 2.30. The van der Waals surface area contributed by atoms with Crippen LogP contribution >= 0.6 is 0 Å². The van der Waals surface area contributed by atoms with Gasteiger partial charge in [0.1, 0.15) is 5.60 Å². The van der Waals surface area contributed by atoms with E-state index in [0.29, 0.717) is 13.1 Å². The highest BCUT2D eigenvalue weighted by Gasteiger charge is 2.36. The van der Waals surface area contributed by atoms with Crippen molar-refractivity contribution in [3.63, 3.8) is 0 Å². The van der Waals surface area contributed by atoms with E-state index in [1.165, 1.54) is 25.9 Å². The van der Waals surface area contributed by atoms with Gasteiger partial charge in [-0.05, 0) is 59.7 Å². The first-order chi connectivity index (χ1) is 11.8. The summed E-state index contributed by atoms with van der Waals surface area (Å²) < 4.78 is 5.50. The molecule has 142 valence electrons. The number of carbonyl (C=O) groups is 1. The van der Waals surface area contributed by atoms with E-state index in [1.807, 2.05) is 25.7 Å². The van der Waals surface area contributed by atoms with E-state index >= 15 is 0 Å². The Kier molecular flexibility index (Phi) is 5.41. The summed E-state index contributed by atoms with van der Waals surface area (Å²) in [5, 5.41) is 3.57. The number of hydrogen-bond donors (Lipinski definition) is 1. The zero-order valence-electron chi connectivity index (χ0n) is 16.1. The average Bonchev–Trinajstić information content (AvgIpc) is 2.95. The molecule has 3 aliphatic rings. The fourth-order valence-electron chi connectivity index (χ4n) is 3.72. The maximum absolute atomic E-state index is 12.3. The maximum Gasteiger partial charge on any atom is 0.410 e. The highest BCUT2D eigenvalue weighted by Crippen LogP contribution is 2.20. The molecular formula is C18H33N5O2. The van der Waals surface area contributed by atoms with E-state index in [4.69, 9.17) is 9.73 Å². The molecule has 0 spiro atoms. The van der Waals surface area contributed by atoms with Crippen molar-refractivity contribution in [2.75, 3.05) is 52.9 Å². The molecule has 3 aliphatic heterocycles. The molecular weight excluding hydrogens is 318 g/mol. The number of piperazine rings is 1. The summed E-state index contributed by atoms with van der Waals surface area (Å²) in [6.45, 7) is 12.1. The molecule has 7 nitrogen and oxygen atoms in total. The summed E-state index contributed by atoms with van der Waals surface area (Å²) >= 11 is 0. The lowest BCUT2D eigenvalue weighted by Gasteiger charge is -2.39. The van der Waals surface area contributed by atoms with Crippen LogP contribution < -0.4 is 5.32 Å². The fourth-order valence-corrected chi connectivity index (χ4v) is 3.72. The van der Waals surface area contributed by atoms with Crippen LogP contribution in [0.1, 0.15) is 33.6 Å². The van der Waals surface area contributed by atoms with Crippen molar-refractivity contribution >= 4 is 12.1 Å². The second kappa shape index (κ2) is 7.40. The number of nitrogens with zero attached hydrogens (tertiary/aromatic N) is 4. The van der Waals surface area contributed by atoms with Crippen LogP contribution in [0.3, 0.4) is 0 Å². The monoisotopic (exact) mass is 351 g/mol. The van der Waals surface area contributed by atoms with Crippen LogP contribution in [0.4, 0.5) is 4.79 Å². The van der Waals surface area contributed by atoms with E-state index in [2.05, 4.69) is 22.2 Å². The van der Waals surface area contributed by atoms with Crippen LogP contribution in [-0.4, -0.2) is 91.3 Å². The third-order valence-corrected chi connectivity index (χ3v) is 5.25. The molecule has 1 N–H and O–H groups in total. The minimum Gasteiger partial charge on any atom is -0.444 e. The minimum absolute atomic E-state index is 0.208. The van der Waals surface area contributed by atoms with Gasteiger partial charge in [0.15, 0.2) is 5.96 Å². The van der Waals surface area contributed by atoms with Crippen LogP contribution in [0.5, 0.6) is 0 Å². The first kappa shape index (κ1) is 18.3. The van der Waals surface area contributed by atoms with Gasteiger partial charge >= 0.3 is 6.09 Å². The number of aliphatic imine (C=N–C) groups is 1. The van der Waals surface area contributed by atoms with E-state index in [0.717, 1.165) is 31.5 Å². The molecule has 0 aromatic heterocycles. The number of amides is 1. The summed E-state index contributed by atoms with van der Waals surface area (Å²) in [5.41, 5.74) is -0.443. The number of hydrogen-bond acceptors (Lipinski definition) is 6. The Bertz CT molecular complexity index is 508. The minimum atomic E-state index is -0.443. The van der Waals surface area contributed by atoms with E-state index in [1.54, 1.807) is 0 Å². The summed E-state index contributed by atoms with van der Waals surface area (Å²) in [4.78, 5) is 23.5. The molecule has 3 heterocycles. The predicted octanol–water partition coefficient (Wildman–Crippen LogP) is 1.21. The number of rotatable bonds is 2. The van der Waals surface area contributed by atoms with Gasteiger partial charge in [0.05, 0.1) is 12.6 Å². The number of ether oxygens (including phenoxy) is 1. The molecule has 0 saturated carbocycles. The Morgan fingerprint density at radius 1 is 1.24 bits per heavy atom. The lowest BCUT2D eigenvalue weighted by molar-refractivity contribution is 0.0137. The largest absolute Gasteiger partial charge is 0.444 e. The molecule has 1 amide bonds. The van der Waals surface area contributed by atoms with Crippen molar-refractivity contribution in [2.45, 2.75) is 45.3 Å². The van der Waals surface area contributed by atoms with Crippen LogP contribution in [0.25, 0.3) is 0 Å². The van der Waals surface area contributed by atoms with Crippen molar-refractivity contribution in [1.82, 2.24) is 20.0 Å². The lowest BCUT2D eigenvalue weighted by atomic mass is 9.97. The Labute approximate surface area is 151 Å². The molecule has 0 aromatic rings. The third kappa shape index (κ3) is 4.77. The molecule has 0 radical (unpaired) electrons. The number of nitrogens with one attached hydrogen (secondary N) is 1. The summed E-state index contributed by atoms with van der Waals surface area (Å²) in [7, 11) is 2.19. The standard InChI is InChI=1S/C18H33N5O2/c1-18(2,3)25-17(24)22-9-10-23-15(13-22)12-20-16(23)19-11-14-5-7-21(4)8-6-14/h14-15H,5-13H2,1-4H3,(H,19,20). The molecule has 1 atom stereocenters. The first-order valence-corrected chi connectivity index (χ1v) is 9.53. The van der Waals surface area contributed by atoms with Gasteiger partial charge in [0.2, 0.25) is 0 Å². The molecule has 0 aromatic carbocycles. The highest BCUT2D eigenvalue weighted by molar-refractivity contribution is 5.82. The molecule has 0 bridgehead atoms. The van der Waals surface area contributed by atoms with E-state index in [9.17, 15) is 4.79 Å². The zero-order valence-corrected chi connectivity index (χ0v) is 16.1. The van der Waals surface area contributed by atoms with Crippen LogP contribution in [0, 0.1) is 5.92 Å². The number of carbonyl (C=O) groups excluding carboxylic acids is 1. The third-order valence-electron chi connectivity index (χ3n) is 5.25. The number of fused-ring (bicyclic) bond motifs is 1. The van der Waals surface area contributed by atoms with E-state index in [-0.39, 0.29) is 12.1 Å². The van der Waals surface area contributed by atoms with Crippen LogP contribution in [0.15, 0.2) is 4.99 Å². The predicted molar refractivity (Wildman–Crippen MR) is 98.8 cm³/mol. The second-order valence-corrected chi connectivity index (χ2v) is 8.57. The quantitative estimate of drug-likeness (QED) is 0.810. The zero-order chi connectivity index (χ0) is 18.0. The molecule has 2 fully saturated rings. The number of likely N-dealkylation sites (tertiary alicyclic amines) is 1. The van der Waals surface area contributed by atoms with Crippen LogP contribution in [-0.2, 0) is 4.74 Å². The Morgan fingerprint density at radius 2 is 1.96 bits per heavy atom. The number of guanidine groups is 1. The fraction of sp³-hybridized carbons (Fsp3) is 0.889. The Balaban J connectivity index is 1.45. The maximum atomic E-state index is 12.3. The van der Waals surface area contributed by atoms with Gasteiger partial charge in [-0.2, -0.15) is 0 Å². The molecule has 7 heteroatoms. The van der Waals surface area contributed by atoms with Gasteiger partial charge in [-0.1, -0.05) is 0 Å². The Morgan fingerprint density at radius 3 is 2.64 bits per heavy atom. The van der Waals surface area contributed by atoms with Gasteiger partial charge < -0.3 is 24.8 Å². The normalized spacial score (nSPS) is 25.6. The SMILES string of the molecule is CN1CCC(CNC2=NCC3CN(C(=O)OC(C)(C)C)CCN23)CC1.